The number of likely N-dealkylation sites (N-methyl/N-ethyl adjacent to an activating group) is 1. The fraction of sp³-hybridized carbons (Fsp3) is 0.389. The van der Waals surface area contributed by atoms with E-state index in [0.29, 0.717) is 31.6 Å². The van der Waals surface area contributed by atoms with Crippen LogP contribution in [-0.2, 0) is 11.3 Å². The molecule has 1 aliphatic rings. The first-order valence-corrected chi connectivity index (χ1v) is 8.76. The minimum absolute atomic E-state index is 0.0474. The highest BCUT2D eigenvalue weighted by Gasteiger charge is 2.37. The molecule has 2 atom stereocenters. The Morgan fingerprint density at radius 1 is 1.41 bits per heavy atom. The van der Waals surface area contributed by atoms with Crippen LogP contribution in [0.15, 0.2) is 30.9 Å². The second-order valence-corrected chi connectivity index (χ2v) is 6.37. The molecule has 3 heterocycles. The van der Waals surface area contributed by atoms with E-state index in [9.17, 15) is 9.59 Å². The zero-order chi connectivity index (χ0) is 19.2. The number of pyridine rings is 1. The maximum Gasteiger partial charge on any atom is 0.253 e. The highest BCUT2D eigenvalue weighted by molar-refractivity contribution is 5.94. The summed E-state index contributed by atoms with van der Waals surface area (Å²) in [6.07, 6.45) is 5.23. The summed E-state index contributed by atoms with van der Waals surface area (Å²) in [5, 5.41) is 14.6. The lowest BCUT2D eigenvalue weighted by Crippen LogP contribution is -2.42. The number of carbonyl (C=O) groups is 2. The van der Waals surface area contributed by atoms with E-state index in [4.69, 9.17) is 5.26 Å². The largest absolute Gasteiger partial charge is 0.355 e. The monoisotopic (exact) mass is 367 g/mol. The molecular weight excluding hydrogens is 346 g/mol. The minimum Gasteiger partial charge on any atom is -0.355 e. The fourth-order valence-corrected chi connectivity index (χ4v) is 3.20. The normalized spacial score (nSPS) is 19.4. The molecule has 0 bridgehead atoms. The van der Waals surface area contributed by atoms with Crippen LogP contribution in [0.25, 0.3) is 0 Å². The molecule has 0 aliphatic carbocycles. The van der Waals surface area contributed by atoms with E-state index in [1.807, 2.05) is 17.9 Å². The lowest BCUT2D eigenvalue weighted by Gasteiger charge is -2.22. The van der Waals surface area contributed by atoms with Gasteiger partial charge in [-0.3, -0.25) is 14.5 Å². The first-order valence-electron chi connectivity index (χ1n) is 8.76. The molecule has 2 aromatic rings. The number of rotatable bonds is 6. The van der Waals surface area contributed by atoms with Crippen molar-refractivity contribution < 1.29 is 9.59 Å². The van der Waals surface area contributed by atoms with E-state index in [1.54, 1.807) is 18.6 Å². The average Bonchev–Trinajstić information content (AvgIpc) is 3.32. The highest BCUT2D eigenvalue weighted by Crippen LogP contribution is 2.21. The Labute approximate surface area is 156 Å². The van der Waals surface area contributed by atoms with E-state index >= 15 is 0 Å². The van der Waals surface area contributed by atoms with E-state index in [0.717, 1.165) is 5.69 Å². The number of imidazole rings is 1. The predicted octanol–water partition coefficient (Wildman–Crippen LogP) is 0.185. The van der Waals surface area contributed by atoms with Gasteiger partial charge in [0.15, 0.2) is 0 Å². The number of nitrogens with one attached hydrogen (secondary N) is 3. The van der Waals surface area contributed by atoms with Gasteiger partial charge in [-0.05, 0) is 25.5 Å². The third-order valence-electron chi connectivity index (χ3n) is 4.46. The van der Waals surface area contributed by atoms with Gasteiger partial charge in [-0.25, -0.2) is 9.97 Å². The van der Waals surface area contributed by atoms with Crippen molar-refractivity contribution in [1.29, 1.82) is 5.26 Å². The van der Waals surface area contributed by atoms with Crippen molar-refractivity contribution in [3.05, 3.63) is 47.8 Å². The third kappa shape index (κ3) is 4.48. The molecule has 0 radical (unpaired) electrons. The maximum atomic E-state index is 12.5. The Morgan fingerprint density at radius 3 is 2.89 bits per heavy atom. The molecule has 0 aromatic carbocycles. The molecule has 3 rings (SSSR count). The minimum atomic E-state index is -0.322. The standard InChI is InChI=1S/C18H21N7O2/c1-2-21-18(27)16-5-14(9-25(16)10-15-8-20-11-23-15)24-17(26)12-3-4-13(6-19)22-7-12/h3-4,7-8,11,14,16H,2,5,9-10H2,1H3,(H,20,23)(H,21,27)(H,24,26)/t14-,16+/m1/s1. The fourth-order valence-electron chi connectivity index (χ4n) is 3.20. The van der Waals surface area contributed by atoms with Crippen LogP contribution in [0.5, 0.6) is 0 Å². The highest BCUT2D eigenvalue weighted by atomic mass is 16.2. The van der Waals surface area contributed by atoms with Gasteiger partial charge in [0.05, 0.1) is 17.9 Å². The van der Waals surface area contributed by atoms with Crippen LogP contribution in [0.2, 0.25) is 0 Å². The summed E-state index contributed by atoms with van der Waals surface area (Å²) in [5.74, 6) is -0.316. The third-order valence-corrected chi connectivity index (χ3v) is 4.46. The number of nitriles is 1. The summed E-state index contributed by atoms with van der Waals surface area (Å²) in [5.41, 5.74) is 1.55. The molecular formula is C18H21N7O2. The molecule has 9 heteroatoms. The summed E-state index contributed by atoms with van der Waals surface area (Å²) >= 11 is 0. The van der Waals surface area contributed by atoms with Gasteiger partial charge in [-0.1, -0.05) is 0 Å². The van der Waals surface area contributed by atoms with E-state index < -0.39 is 0 Å². The molecule has 0 spiro atoms. The van der Waals surface area contributed by atoms with Crippen LogP contribution in [0.4, 0.5) is 0 Å². The SMILES string of the molecule is CCNC(=O)[C@@H]1C[C@@H](NC(=O)c2ccc(C#N)nc2)CN1Cc1cnc[nH]1. The van der Waals surface area contributed by atoms with Gasteiger partial charge in [0, 0.05) is 43.8 Å². The van der Waals surface area contributed by atoms with Crippen molar-refractivity contribution in [3.63, 3.8) is 0 Å². The molecule has 0 saturated carbocycles. The van der Waals surface area contributed by atoms with Gasteiger partial charge < -0.3 is 15.6 Å². The lowest BCUT2D eigenvalue weighted by molar-refractivity contribution is -0.125. The summed E-state index contributed by atoms with van der Waals surface area (Å²) in [7, 11) is 0. The van der Waals surface area contributed by atoms with Gasteiger partial charge in [-0.2, -0.15) is 5.26 Å². The summed E-state index contributed by atoms with van der Waals surface area (Å²) in [4.78, 5) is 37.9. The van der Waals surface area contributed by atoms with Crippen LogP contribution in [0.1, 0.15) is 35.1 Å². The van der Waals surface area contributed by atoms with E-state index in [2.05, 4.69) is 25.6 Å². The number of hydrogen-bond donors (Lipinski definition) is 3. The molecule has 3 N–H and O–H groups in total. The Kier molecular flexibility index (Phi) is 5.78. The number of carbonyl (C=O) groups excluding carboxylic acids is 2. The average molecular weight is 367 g/mol. The van der Waals surface area contributed by atoms with Crippen LogP contribution in [0, 0.1) is 11.3 Å². The van der Waals surface area contributed by atoms with Gasteiger partial charge in [0.2, 0.25) is 5.91 Å². The molecule has 2 aromatic heterocycles. The first kappa shape index (κ1) is 18.5. The number of likely N-dealkylation sites (tertiary alicyclic amines) is 1. The van der Waals surface area contributed by atoms with Gasteiger partial charge >= 0.3 is 0 Å². The number of aromatic amines is 1. The number of aromatic nitrogens is 3. The maximum absolute atomic E-state index is 12.5. The second-order valence-electron chi connectivity index (χ2n) is 6.37. The molecule has 1 saturated heterocycles. The quantitative estimate of drug-likeness (QED) is 0.669. The first-order chi connectivity index (χ1) is 13.1. The van der Waals surface area contributed by atoms with E-state index in [1.165, 1.54) is 12.3 Å². The molecule has 27 heavy (non-hydrogen) atoms. The number of amides is 2. The van der Waals surface area contributed by atoms with Crippen LogP contribution < -0.4 is 10.6 Å². The molecule has 1 aliphatic heterocycles. The number of hydrogen-bond acceptors (Lipinski definition) is 6. The van der Waals surface area contributed by atoms with Crippen molar-refractivity contribution in [3.8, 4) is 6.07 Å². The Morgan fingerprint density at radius 2 is 2.26 bits per heavy atom. The summed E-state index contributed by atoms with van der Waals surface area (Å²) < 4.78 is 0. The molecule has 2 amide bonds. The molecule has 9 nitrogen and oxygen atoms in total. The Hall–Kier alpha value is -3.25. The molecule has 140 valence electrons. The topological polar surface area (TPSA) is 127 Å². The molecule has 0 unspecified atom stereocenters. The molecule has 1 fully saturated rings. The van der Waals surface area contributed by atoms with Crippen LogP contribution >= 0.6 is 0 Å². The predicted molar refractivity (Wildman–Crippen MR) is 96.3 cm³/mol. The van der Waals surface area contributed by atoms with E-state index in [-0.39, 0.29) is 29.6 Å². The Balaban J connectivity index is 1.67. The summed E-state index contributed by atoms with van der Waals surface area (Å²) in [6, 6.07) is 4.51. The van der Waals surface area contributed by atoms with Crippen molar-refractivity contribution in [2.75, 3.05) is 13.1 Å². The number of H-pyrrole nitrogens is 1. The van der Waals surface area contributed by atoms with Gasteiger partial charge in [0.25, 0.3) is 5.91 Å². The van der Waals surface area contributed by atoms with Crippen molar-refractivity contribution in [1.82, 2.24) is 30.5 Å². The smallest absolute Gasteiger partial charge is 0.253 e. The van der Waals surface area contributed by atoms with Gasteiger partial charge in [0.1, 0.15) is 11.8 Å². The second kappa shape index (κ2) is 8.42. The summed E-state index contributed by atoms with van der Waals surface area (Å²) in [6.45, 7) is 3.53. The zero-order valence-corrected chi connectivity index (χ0v) is 15.0. The number of nitrogens with zero attached hydrogens (tertiary/aromatic N) is 4. The van der Waals surface area contributed by atoms with Crippen molar-refractivity contribution in [2.24, 2.45) is 0 Å². The zero-order valence-electron chi connectivity index (χ0n) is 15.0. The Bertz CT molecular complexity index is 826. The van der Waals surface area contributed by atoms with Crippen molar-refractivity contribution in [2.45, 2.75) is 32.0 Å². The van der Waals surface area contributed by atoms with Crippen LogP contribution in [-0.4, -0.2) is 56.8 Å². The van der Waals surface area contributed by atoms with Crippen molar-refractivity contribution >= 4 is 11.8 Å². The lowest BCUT2D eigenvalue weighted by atomic mass is 10.1. The van der Waals surface area contributed by atoms with Crippen LogP contribution in [0.3, 0.4) is 0 Å². The van der Waals surface area contributed by atoms with Gasteiger partial charge in [-0.15, -0.1) is 0 Å².